The van der Waals surface area contributed by atoms with Crippen molar-refractivity contribution in [3.8, 4) is 0 Å². The van der Waals surface area contributed by atoms with Crippen LogP contribution < -0.4 is 0 Å². The van der Waals surface area contributed by atoms with E-state index in [0.29, 0.717) is 0 Å². The van der Waals surface area contributed by atoms with Crippen molar-refractivity contribution in [2.45, 2.75) is 26.2 Å². The van der Waals surface area contributed by atoms with Crippen LogP contribution in [0.3, 0.4) is 0 Å². The number of rotatable bonds is 0. The Morgan fingerprint density at radius 2 is 1.09 bits per heavy atom. The first-order valence-electron chi connectivity index (χ1n) is 7.89. The van der Waals surface area contributed by atoms with Crippen molar-refractivity contribution in [1.82, 2.24) is 0 Å². The molecule has 0 atom stereocenters. The molecule has 0 spiro atoms. The fourth-order valence-electron chi connectivity index (χ4n) is 3.51. The zero-order valence-corrected chi connectivity index (χ0v) is 13.4. The summed E-state index contributed by atoms with van der Waals surface area (Å²) in [7, 11) is 0. The van der Waals surface area contributed by atoms with Gasteiger partial charge in [0.05, 0.1) is 0 Å². The van der Waals surface area contributed by atoms with Gasteiger partial charge in [-0.2, -0.15) is 0 Å². The summed E-state index contributed by atoms with van der Waals surface area (Å²) in [6, 6.07) is 24.4. The summed E-state index contributed by atoms with van der Waals surface area (Å²) in [6.07, 6.45) is 0. The zero-order valence-electron chi connectivity index (χ0n) is 13.4. The van der Waals surface area contributed by atoms with E-state index in [0.717, 1.165) is 0 Å². The van der Waals surface area contributed by atoms with Gasteiger partial charge < -0.3 is 0 Å². The van der Waals surface area contributed by atoms with Gasteiger partial charge in [-0.3, -0.25) is 0 Å². The third-order valence-corrected chi connectivity index (χ3v) is 4.59. The third kappa shape index (κ3) is 1.91. The van der Waals surface area contributed by atoms with Gasteiger partial charge in [-0.1, -0.05) is 87.5 Å². The smallest absolute Gasteiger partial charge is 0.00989 e. The topological polar surface area (TPSA) is 0 Å². The lowest BCUT2D eigenvalue weighted by Crippen LogP contribution is -2.11. The highest BCUT2D eigenvalue weighted by molar-refractivity contribution is 6.17. The lowest BCUT2D eigenvalue weighted by molar-refractivity contribution is 0.596. The van der Waals surface area contributed by atoms with Gasteiger partial charge in [0, 0.05) is 0 Å². The van der Waals surface area contributed by atoms with Crippen molar-refractivity contribution in [3.05, 3.63) is 72.3 Å². The fraction of sp³-hybridized carbons (Fsp3) is 0.182. The van der Waals surface area contributed by atoms with Gasteiger partial charge in [0.15, 0.2) is 0 Å². The second kappa shape index (κ2) is 4.58. The zero-order chi connectivity index (χ0) is 15.3. The van der Waals surface area contributed by atoms with Crippen LogP contribution in [0, 0.1) is 0 Å². The Bertz CT molecular complexity index is 1000. The van der Waals surface area contributed by atoms with Crippen LogP contribution in [0.15, 0.2) is 66.7 Å². The minimum absolute atomic E-state index is 0.157. The molecule has 0 saturated heterocycles. The van der Waals surface area contributed by atoms with Crippen LogP contribution in [0.1, 0.15) is 26.3 Å². The third-order valence-electron chi connectivity index (χ3n) is 4.59. The Hall–Kier alpha value is -2.34. The molecule has 0 unspecified atom stereocenters. The molecule has 0 aliphatic rings. The minimum atomic E-state index is 0.157. The molecule has 0 heteroatoms. The second-order valence-corrected chi connectivity index (χ2v) is 7.10. The summed E-state index contributed by atoms with van der Waals surface area (Å²) in [5, 5.41) is 8.07. The summed E-state index contributed by atoms with van der Waals surface area (Å²) in [5.74, 6) is 0. The lowest BCUT2D eigenvalue weighted by atomic mass is 9.82. The van der Waals surface area contributed by atoms with Gasteiger partial charge in [-0.25, -0.2) is 0 Å². The Balaban J connectivity index is 2.19. The van der Waals surface area contributed by atoms with Crippen LogP contribution in [-0.2, 0) is 5.41 Å². The highest BCUT2D eigenvalue weighted by Gasteiger charge is 2.17. The van der Waals surface area contributed by atoms with E-state index in [9.17, 15) is 0 Å². The molecule has 4 rings (SSSR count). The van der Waals surface area contributed by atoms with Gasteiger partial charge >= 0.3 is 0 Å². The van der Waals surface area contributed by atoms with Gasteiger partial charge in [0.1, 0.15) is 0 Å². The monoisotopic (exact) mass is 284 g/mol. The normalized spacial score (nSPS) is 12.3. The summed E-state index contributed by atoms with van der Waals surface area (Å²) in [6.45, 7) is 6.85. The van der Waals surface area contributed by atoms with Gasteiger partial charge in [0.25, 0.3) is 0 Å². The van der Waals surface area contributed by atoms with Crippen molar-refractivity contribution in [3.63, 3.8) is 0 Å². The van der Waals surface area contributed by atoms with Crippen molar-refractivity contribution < 1.29 is 0 Å². The molecule has 0 fully saturated rings. The highest BCUT2D eigenvalue weighted by atomic mass is 14.2. The first-order chi connectivity index (χ1) is 10.6. The van der Waals surface area contributed by atoms with Crippen molar-refractivity contribution in [1.29, 1.82) is 0 Å². The Kier molecular flexibility index (Phi) is 2.77. The van der Waals surface area contributed by atoms with Crippen LogP contribution in [0.2, 0.25) is 0 Å². The molecule has 4 aromatic carbocycles. The standard InChI is InChI=1S/C22H20/c1-22(2,3)21-10-6-9-17-19-12-11-15-7-4-5-8-16(15)18(19)13-14-20(17)21/h4-14H,1-3H3. The van der Waals surface area contributed by atoms with E-state index in [1.54, 1.807) is 0 Å². The molecule has 0 aromatic heterocycles. The summed E-state index contributed by atoms with van der Waals surface area (Å²) in [4.78, 5) is 0. The number of fused-ring (bicyclic) bond motifs is 5. The molecule has 0 nitrogen and oxygen atoms in total. The first-order valence-corrected chi connectivity index (χ1v) is 7.89. The largest absolute Gasteiger partial charge is 0.0616 e. The maximum absolute atomic E-state index is 2.30. The molecule has 22 heavy (non-hydrogen) atoms. The molecule has 0 aliphatic heterocycles. The maximum atomic E-state index is 2.30. The SMILES string of the molecule is CC(C)(C)c1cccc2c1ccc1c3ccccc3ccc21. The van der Waals surface area contributed by atoms with Gasteiger partial charge in [-0.05, 0) is 43.3 Å². The van der Waals surface area contributed by atoms with Crippen molar-refractivity contribution >= 4 is 32.3 Å². The van der Waals surface area contributed by atoms with Gasteiger partial charge in [0.2, 0.25) is 0 Å². The Morgan fingerprint density at radius 3 is 1.91 bits per heavy atom. The molecular weight excluding hydrogens is 264 g/mol. The second-order valence-electron chi connectivity index (χ2n) is 7.10. The average molecular weight is 284 g/mol. The van der Waals surface area contributed by atoms with Gasteiger partial charge in [-0.15, -0.1) is 0 Å². The molecule has 0 amide bonds. The minimum Gasteiger partial charge on any atom is -0.0616 e. The maximum Gasteiger partial charge on any atom is -0.00989 e. The number of hydrogen-bond acceptors (Lipinski definition) is 0. The van der Waals surface area contributed by atoms with Crippen LogP contribution in [-0.4, -0.2) is 0 Å². The van der Waals surface area contributed by atoms with E-state index < -0.39 is 0 Å². The molecule has 0 N–H and O–H groups in total. The predicted octanol–water partition coefficient (Wildman–Crippen LogP) is 6.44. The Labute approximate surface area is 131 Å². The summed E-state index contributed by atoms with van der Waals surface area (Å²) >= 11 is 0. The van der Waals surface area contributed by atoms with E-state index in [2.05, 4.69) is 87.5 Å². The summed E-state index contributed by atoms with van der Waals surface area (Å²) in [5.41, 5.74) is 1.57. The van der Waals surface area contributed by atoms with E-state index >= 15 is 0 Å². The average Bonchev–Trinajstić information content (AvgIpc) is 2.52. The van der Waals surface area contributed by atoms with E-state index in [4.69, 9.17) is 0 Å². The highest BCUT2D eigenvalue weighted by Crippen LogP contribution is 2.36. The van der Waals surface area contributed by atoms with Crippen LogP contribution in [0.4, 0.5) is 0 Å². The van der Waals surface area contributed by atoms with Crippen LogP contribution >= 0.6 is 0 Å². The number of benzene rings is 4. The van der Waals surface area contributed by atoms with Crippen LogP contribution in [0.25, 0.3) is 32.3 Å². The molecule has 0 heterocycles. The molecule has 0 saturated carbocycles. The molecular formula is C22H20. The molecule has 0 bridgehead atoms. The fourth-order valence-corrected chi connectivity index (χ4v) is 3.51. The van der Waals surface area contributed by atoms with Crippen LogP contribution in [0.5, 0.6) is 0 Å². The first kappa shape index (κ1) is 13.3. The van der Waals surface area contributed by atoms with E-state index in [-0.39, 0.29) is 5.41 Å². The quantitative estimate of drug-likeness (QED) is 0.326. The van der Waals surface area contributed by atoms with E-state index in [1.807, 2.05) is 0 Å². The van der Waals surface area contributed by atoms with E-state index in [1.165, 1.54) is 37.9 Å². The number of hydrogen-bond donors (Lipinski definition) is 0. The lowest BCUT2D eigenvalue weighted by Gasteiger charge is -2.22. The molecule has 108 valence electrons. The molecule has 0 radical (unpaired) electrons. The summed E-state index contributed by atoms with van der Waals surface area (Å²) < 4.78 is 0. The predicted molar refractivity (Wildman–Crippen MR) is 97.7 cm³/mol. The van der Waals surface area contributed by atoms with Crippen molar-refractivity contribution in [2.75, 3.05) is 0 Å². The Morgan fingerprint density at radius 1 is 0.500 bits per heavy atom. The molecule has 0 aliphatic carbocycles. The molecule has 4 aromatic rings. The van der Waals surface area contributed by atoms with Crippen molar-refractivity contribution in [2.24, 2.45) is 0 Å².